The summed E-state index contributed by atoms with van der Waals surface area (Å²) in [5, 5.41) is 3.29. The SMILES string of the molecule is CCOC(=O)c1c(NC(=O)c2ccc(C(C)=O)cc2)sc(Cc2ccc3c(c2)OCO3)c1C. The zero-order valence-corrected chi connectivity index (χ0v) is 19.3. The number of Topliss-reactive ketones (excluding diaryl/α,β-unsaturated/α-hetero) is 1. The van der Waals surface area contributed by atoms with Gasteiger partial charge in [-0.1, -0.05) is 18.2 Å². The largest absolute Gasteiger partial charge is 0.462 e. The Balaban J connectivity index is 1.62. The number of fused-ring (bicyclic) bond motifs is 1. The molecule has 170 valence electrons. The molecule has 1 N–H and O–H groups in total. The van der Waals surface area contributed by atoms with Gasteiger partial charge in [0.05, 0.1) is 12.2 Å². The van der Waals surface area contributed by atoms with E-state index >= 15 is 0 Å². The van der Waals surface area contributed by atoms with Crippen molar-refractivity contribution in [2.45, 2.75) is 27.2 Å². The summed E-state index contributed by atoms with van der Waals surface area (Å²) < 4.78 is 16.1. The predicted octanol–water partition coefficient (Wildman–Crippen LogP) is 5.01. The van der Waals surface area contributed by atoms with E-state index in [1.165, 1.54) is 18.3 Å². The van der Waals surface area contributed by atoms with Crippen LogP contribution in [0.1, 0.15) is 60.9 Å². The number of hydrogen-bond donors (Lipinski definition) is 1. The van der Waals surface area contributed by atoms with Crippen molar-refractivity contribution in [3.8, 4) is 11.5 Å². The van der Waals surface area contributed by atoms with Gasteiger partial charge >= 0.3 is 5.97 Å². The van der Waals surface area contributed by atoms with Gasteiger partial charge in [-0.15, -0.1) is 11.3 Å². The third-order valence-corrected chi connectivity index (χ3v) is 6.51. The van der Waals surface area contributed by atoms with Crippen LogP contribution in [-0.2, 0) is 11.2 Å². The summed E-state index contributed by atoms with van der Waals surface area (Å²) in [6.07, 6.45) is 0.558. The number of benzene rings is 2. The Kier molecular flexibility index (Phi) is 6.46. The molecule has 1 aliphatic rings. The quantitative estimate of drug-likeness (QED) is 0.390. The van der Waals surface area contributed by atoms with E-state index in [2.05, 4.69) is 5.32 Å². The minimum Gasteiger partial charge on any atom is -0.462 e. The van der Waals surface area contributed by atoms with Crippen molar-refractivity contribution in [1.29, 1.82) is 0 Å². The van der Waals surface area contributed by atoms with Crippen LogP contribution in [0, 0.1) is 6.92 Å². The van der Waals surface area contributed by atoms with Crippen LogP contribution < -0.4 is 14.8 Å². The van der Waals surface area contributed by atoms with Crippen molar-refractivity contribution in [2.75, 3.05) is 18.7 Å². The predicted molar refractivity (Wildman–Crippen MR) is 125 cm³/mol. The van der Waals surface area contributed by atoms with E-state index in [-0.39, 0.29) is 25.1 Å². The fourth-order valence-corrected chi connectivity index (χ4v) is 4.76. The van der Waals surface area contributed by atoms with Crippen LogP contribution in [0.4, 0.5) is 5.00 Å². The Hall–Kier alpha value is -3.65. The highest BCUT2D eigenvalue weighted by molar-refractivity contribution is 7.17. The van der Waals surface area contributed by atoms with Crippen LogP contribution in [0.25, 0.3) is 0 Å². The Morgan fingerprint density at radius 2 is 1.73 bits per heavy atom. The van der Waals surface area contributed by atoms with Gasteiger partial charge in [-0.2, -0.15) is 0 Å². The fourth-order valence-electron chi connectivity index (χ4n) is 3.53. The Bertz CT molecular complexity index is 1230. The summed E-state index contributed by atoms with van der Waals surface area (Å²) in [5.41, 5.74) is 3.02. The molecule has 0 aliphatic carbocycles. The molecule has 2 aromatic carbocycles. The Morgan fingerprint density at radius 1 is 1.03 bits per heavy atom. The van der Waals surface area contributed by atoms with Gasteiger partial charge in [0.2, 0.25) is 6.79 Å². The first-order valence-corrected chi connectivity index (χ1v) is 11.3. The van der Waals surface area contributed by atoms with Crippen molar-refractivity contribution in [3.05, 3.63) is 75.2 Å². The van der Waals surface area contributed by atoms with Gasteiger partial charge in [0.1, 0.15) is 5.00 Å². The maximum atomic E-state index is 12.9. The maximum Gasteiger partial charge on any atom is 0.341 e. The monoisotopic (exact) mass is 465 g/mol. The molecule has 4 rings (SSSR count). The molecule has 7 nitrogen and oxygen atoms in total. The van der Waals surface area contributed by atoms with E-state index in [1.54, 1.807) is 31.2 Å². The molecule has 2 heterocycles. The molecule has 1 aromatic heterocycles. The second kappa shape index (κ2) is 9.46. The number of thiophene rings is 1. The lowest BCUT2D eigenvalue weighted by Gasteiger charge is -2.07. The lowest BCUT2D eigenvalue weighted by Crippen LogP contribution is -2.15. The van der Waals surface area contributed by atoms with Crippen LogP contribution in [0.15, 0.2) is 42.5 Å². The standard InChI is InChI=1S/C25H23NO6S/c1-4-30-25(29)22-14(2)21(12-16-5-10-19-20(11-16)32-13-31-19)33-24(22)26-23(28)18-8-6-17(7-9-18)15(3)27/h5-11H,4,12-13H2,1-3H3,(H,26,28). The molecule has 0 radical (unpaired) electrons. The normalized spacial score (nSPS) is 11.8. The van der Waals surface area contributed by atoms with Crippen LogP contribution in [0.2, 0.25) is 0 Å². The molecule has 0 spiro atoms. The van der Waals surface area contributed by atoms with Crippen LogP contribution in [0.5, 0.6) is 11.5 Å². The van der Waals surface area contributed by atoms with E-state index in [0.29, 0.717) is 39.6 Å². The first-order valence-electron chi connectivity index (χ1n) is 10.5. The number of carbonyl (C=O) groups is 3. The second-order valence-corrected chi connectivity index (χ2v) is 8.63. The zero-order valence-electron chi connectivity index (χ0n) is 18.5. The lowest BCUT2D eigenvalue weighted by atomic mass is 10.1. The molecule has 0 unspecified atom stereocenters. The van der Waals surface area contributed by atoms with Crippen LogP contribution >= 0.6 is 11.3 Å². The van der Waals surface area contributed by atoms with Gasteiger partial charge in [0.15, 0.2) is 17.3 Å². The van der Waals surface area contributed by atoms with Crippen molar-refractivity contribution < 1.29 is 28.6 Å². The van der Waals surface area contributed by atoms with E-state index in [9.17, 15) is 14.4 Å². The molecule has 0 saturated heterocycles. The molecule has 8 heteroatoms. The Labute approximate surface area is 195 Å². The molecule has 1 amide bonds. The summed E-state index contributed by atoms with van der Waals surface area (Å²) >= 11 is 1.34. The van der Waals surface area contributed by atoms with E-state index in [1.807, 2.05) is 25.1 Å². The second-order valence-electron chi connectivity index (χ2n) is 7.53. The summed E-state index contributed by atoms with van der Waals surface area (Å²) in [7, 11) is 0. The van der Waals surface area contributed by atoms with Gasteiger partial charge in [0.25, 0.3) is 5.91 Å². The van der Waals surface area contributed by atoms with Crippen molar-refractivity contribution in [3.63, 3.8) is 0 Å². The molecule has 0 fully saturated rings. The highest BCUT2D eigenvalue weighted by atomic mass is 32.1. The number of rotatable bonds is 7. The van der Waals surface area contributed by atoms with Gasteiger partial charge in [-0.3, -0.25) is 9.59 Å². The summed E-state index contributed by atoms with van der Waals surface area (Å²) in [6, 6.07) is 12.1. The number of ketones is 1. The average Bonchev–Trinajstić information content (AvgIpc) is 3.38. The smallest absolute Gasteiger partial charge is 0.341 e. The molecular formula is C25H23NO6S. The molecule has 3 aromatic rings. The van der Waals surface area contributed by atoms with E-state index < -0.39 is 5.97 Å². The van der Waals surface area contributed by atoms with Gasteiger partial charge in [-0.25, -0.2) is 4.79 Å². The zero-order chi connectivity index (χ0) is 23.5. The number of amides is 1. The fraction of sp³-hybridized carbons (Fsp3) is 0.240. The summed E-state index contributed by atoms with van der Waals surface area (Å²) in [4.78, 5) is 38.0. The number of carbonyl (C=O) groups excluding carboxylic acids is 3. The number of nitrogens with one attached hydrogen (secondary N) is 1. The first kappa shape index (κ1) is 22.5. The molecule has 0 bridgehead atoms. The topological polar surface area (TPSA) is 90.9 Å². The van der Waals surface area contributed by atoms with Gasteiger partial charge < -0.3 is 19.5 Å². The lowest BCUT2D eigenvalue weighted by molar-refractivity contribution is 0.0527. The minimum absolute atomic E-state index is 0.0754. The third kappa shape index (κ3) is 4.75. The van der Waals surface area contributed by atoms with Crippen molar-refractivity contribution in [2.24, 2.45) is 0 Å². The number of hydrogen-bond acceptors (Lipinski definition) is 7. The van der Waals surface area contributed by atoms with Crippen LogP contribution in [0.3, 0.4) is 0 Å². The number of anilines is 1. The van der Waals surface area contributed by atoms with E-state index in [0.717, 1.165) is 16.0 Å². The highest BCUT2D eigenvalue weighted by Gasteiger charge is 2.24. The molecular weight excluding hydrogens is 442 g/mol. The summed E-state index contributed by atoms with van der Waals surface area (Å²) in [5.74, 6) is 0.470. The Morgan fingerprint density at radius 3 is 2.42 bits per heavy atom. The number of ether oxygens (including phenoxy) is 3. The highest BCUT2D eigenvalue weighted by Crippen LogP contribution is 2.38. The number of esters is 1. The first-order chi connectivity index (χ1) is 15.9. The van der Waals surface area contributed by atoms with Crippen LogP contribution in [-0.4, -0.2) is 31.1 Å². The molecule has 33 heavy (non-hydrogen) atoms. The molecule has 0 saturated carbocycles. The van der Waals surface area contributed by atoms with Crippen molar-refractivity contribution in [1.82, 2.24) is 0 Å². The van der Waals surface area contributed by atoms with E-state index in [4.69, 9.17) is 14.2 Å². The average molecular weight is 466 g/mol. The minimum atomic E-state index is -0.481. The van der Waals surface area contributed by atoms with Gasteiger partial charge in [-0.05, 0) is 56.2 Å². The molecule has 0 atom stereocenters. The summed E-state index contributed by atoms with van der Waals surface area (Å²) in [6.45, 7) is 5.49. The third-order valence-electron chi connectivity index (χ3n) is 5.31. The van der Waals surface area contributed by atoms with Gasteiger partial charge in [0, 0.05) is 22.4 Å². The van der Waals surface area contributed by atoms with Crippen molar-refractivity contribution >= 4 is 34.0 Å². The maximum absolute atomic E-state index is 12.9. The molecule has 1 aliphatic heterocycles.